The molecule has 10 heavy (non-hydrogen) atoms. The van der Waals surface area contributed by atoms with E-state index in [-0.39, 0.29) is 11.1 Å². The minimum atomic E-state index is -0.591. The zero-order valence-corrected chi connectivity index (χ0v) is 5.87. The molecule has 0 spiro atoms. The first-order valence-corrected chi connectivity index (χ1v) is 2.82. The van der Waals surface area contributed by atoms with Crippen molar-refractivity contribution in [3.8, 4) is 0 Å². The van der Waals surface area contributed by atoms with E-state index in [1.165, 1.54) is 17.8 Å². The minimum absolute atomic E-state index is 0.134. The van der Waals surface area contributed by atoms with Crippen molar-refractivity contribution in [2.24, 2.45) is 7.05 Å². The molecule has 0 aromatic carbocycles. The lowest BCUT2D eigenvalue weighted by atomic mass is 10.9. The molecule has 1 aromatic heterocycles. The SMILES string of the molecule is Cn1cc(Cl)nc1[N+](=O)[O-]. The summed E-state index contributed by atoms with van der Waals surface area (Å²) in [6, 6.07) is 0. The number of nitrogens with zero attached hydrogens (tertiary/aromatic N) is 3. The Kier molecular flexibility index (Phi) is 1.58. The van der Waals surface area contributed by atoms with E-state index in [1.54, 1.807) is 0 Å². The first-order valence-electron chi connectivity index (χ1n) is 2.44. The molecule has 0 bridgehead atoms. The standard InChI is InChI=1S/C4H4ClN3O2/c1-7-2-3(5)6-4(7)8(9)10/h2H,1H3. The number of imidazole rings is 1. The maximum atomic E-state index is 10.1. The zero-order chi connectivity index (χ0) is 7.72. The van der Waals surface area contributed by atoms with Gasteiger partial charge in [0.15, 0.2) is 0 Å². The van der Waals surface area contributed by atoms with Gasteiger partial charge in [-0.15, -0.1) is 0 Å². The highest BCUT2D eigenvalue weighted by atomic mass is 35.5. The van der Waals surface area contributed by atoms with Crippen LogP contribution in [-0.2, 0) is 7.05 Å². The molecule has 6 heteroatoms. The van der Waals surface area contributed by atoms with Crippen LogP contribution in [0, 0.1) is 10.1 Å². The summed E-state index contributed by atoms with van der Waals surface area (Å²) in [6.07, 6.45) is 1.37. The van der Waals surface area contributed by atoms with Crippen molar-refractivity contribution in [3.05, 3.63) is 21.5 Å². The van der Waals surface area contributed by atoms with Gasteiger partial charge in [-0.25, -0.2) is 4.57 Å². The number of hydrogen-bond acceptors (Lipinski definition) is 3. The molecule has 0 N–H and O–H groups in total. The largest absolute Gasteiger partial charge is 0.435 e. The van der Waals surface area contributed by atoms with E-state index in [9.17, 15) is 10.1 Å². The van der Waals surface area contributed by atoms with Crippen LogP contribution in [0.5, 0.6) is 0 Å². The van der Waals surface area contributed by atoms with E-state index >= 15 is 0 Å². The number of hydrogen-bond donors (Lipinski definition) is 0. The average molecular weight is 162 g/mol. The van der Waals surface area contributed by atoms with Gasteiger partial charge in [0.05, 0.1) is 7.05 Å². The molecule has 0 saturated heterocycles. The molecule has 0 unspecified atom stereocenters. The summed E-state index contributed by atoms with van der Waals surface area (Å²) >= 11 is 5.37. The quantitative estimate of drug-likeness (QED) is 0.456. The van der Waals surface area contributed by atoms with Crippen molar-refractivity contribution in [1.29, 1.82) is 0 Å². The average Bonchev–Trinajstić information content (AvgIpc) is 2.10. The number of halogens is 1. The van der Waals surface area contributed by atoms with Crippen molar-refractivity contribution < 1.29 is 4.92 Å². The zero-order valence-electron chi connectivity index (χ0n) is 5.11. The molecule has 0 aliphatic heterocycles. The van der Waals surface area contributed by atoms with Crippen LogP contribution in [0.15, 0.2) is 6.20 Å². The van der Waals surface area contributed by atoms with Gasteiger partial charge in [0.25, 0.3) is 0 Å². The van der Waals surface area contributed by atoms with Gasteiger partial charge in [-0.2, -0.15) is 0 Å². The Labute approximate surface area is 61.4 Å². The summed E-state index contributed by atoms with van der Waals surface area (Å²) in [5.74, 6) is -0.245. The molecule has 1 heterocycles. The number of aryl methyl sites for hydroxylation is 1. The predicted molar refractivity (Wildman–Crippen MR) is 34.9 cm³/mol. The summed E-state index contributed by atoms with van der Waals surface area (Å²) in [5.41, 5.74) is 0. The normalized spacial score (nSPS) is 9.80. The van der Waals surface area contributed by atoms with E-state index in [1.807, 2.05) is 0 Å². The molecule has 1 rings (SSSR count). The minimum Gasteiger partial charge on any atom is -0.390 e. The third-order valence-electron chi connectivity index (χ3n) is 0.986. The van der Waals surface area contributed by atoms with E-state index in [0.717, 1.165) is 0 Å². The maximum absolute atomic E-state index is 10.1. The first-order chi connectivity index (χ1) is 4.61. The fraction of sp³-hybridized carbons (Fsp3) is 0.250. The summed E-state index contributed by atoms with van der Waals surface area (Å²) in [7, 11) is 1.51. The van der Waals surface area contributed by atoms with Crippen molar-refractivity contribution in [1.82, 2.24) is 9.55 Å². The van der Waals surface area contributed by atoms with Gasteiger partial charge in [0.2, 0.25) is 5.15 Å². The number of nitro groups is 1. The van der Waals surface area contributed by atoms with Crippen LogP contribution in [0.1, 0.15) is 0 Å². The lowest BCUT2D eigenvalue weighted by Crippen LogP contribution is -1.96. The molecular weight excluding hydrogens is 158 g/mol. The summed E-state index contributed by atoms with van der Waals surface area (Å²) in [5, 5.41) is 10.2. The van der Waals surface area contributed by atoms with Crippen LogP contribution in [-0.4, -0.2) is 14.5 Å². The Balaban J connectivity index is 3.15. The predicted octanol–water partition coefficient (Wildman–Crippen LogP) is 0.982. The Morgan fingerprint density at radius 3 is 2.70 bits per heavy atom. The summed E-state index contributed by atoms with van der Waals surface area (Å²) < 4.78 is 1.25. The highest BCUT2D eigenvalue weighted by Crippen LogP contribution is 2.12. The molecule has 0 aliphatic rings. The van der Waals surface area contributed by atoms with Gasteiger partial charge in [-0.1, -0.05) is 4.98 Å². The lowest BCUT2D eigenvalue weighted by Gasteiger charge is -1.90. The van der Waals surface area contributed by atoms with Crippen LogP contribution in [0.4, 0.5) is 5.95 Å². The topological polar surface area (TPSA) is 61.0 Å². The van der Waals surface area contributed by atoms with E-state index in [4.69, 9.17) is 11.6 Å². The molecule has 0 saturated carbocycles. The number of aromatic nitrogens is 2. The van der Waals surface area contributed by atoms with Crippen LogP contribution in [0.25, 0.3) is 0 Å². The summed E-state index contributed by atoms with van der Waals surface area (Å²) in [6.45, 7) is 0. The first kappa shape index (κ1) is 7.01. The number of rotatable bonds is 1. The maximum Gasteiger partial charge on any atom is 0.435 e. The van der Waals surface area contributed by atoms with Crippen LogP contribution < -0.4 is 0 Å². The fourth-order valence-electron chi connectivity index (χ4n) is 0.590. The second-order valence-electron chi connectivity index (χ2n) is 1.73. The Hall–Kier alpha value is -1.10. The van der Waals surface area contributed by atoms with Crippen LogP contribution in [0.2, 0.25) is 5.15 Å². The Morgan fingerprint density at radius 2 is 2.50 bits per heavy atom. The molecule has 0 fully saturated rings. The van der Waals surface area contributed by atoms with Crippen molar-refractivity contribution in [2.45, 2.75) is 0 Å². The highest BCUT2D eigenvalue weighted by molar-refractivity contribution is 6.29. The van der Waals surface area contributed by atoms with E-state index < -0.39 is 4.92 Å². The van der Waals surface area contributed by atoms with Crippen molar-refractivity contribution >= 4 is 17.5 Å². The molecule has 54 valence electrons. The van der Waals surface area contributed by atoms with Gasteiger partial charge >= 0.3 is 5.95 Å². The molecular formula is C4H4ClN3O2. The van der Waals surface area contributed by atoms with Crippen LogP contribution in [0.3, 0.4) is 0 Å². The Morgan fingerprint density at radius 1 is 1.90 bits per heavy atom. The molecule has 1 aromatic rings. The molecule has 0 radical (unpaired) electrons. The van der Waals surface area contributed by atoms with Crippen molar-refractivity contribution in [2.75, 3.05) is 0 Å². The molecule has 5 nitrogen and oxygen atoms in total. The Bertz CT molecular complexity index is 269. The molecule has 0 aliphatic carbocycles. The van der Waals surface area contributed by atoms with E-state index in [2.05, 4.69) is 4.98 Å². The lowest BCUT2D eigenvalue weighted by molar-refractivity contribution is -0.396. The van der Waals surface area contributed by atoms with Gasteiger partial charge < -0.3 is 10.1 Å². The van der Waals surface area contributed by atoms with Gasteiger partial charge in [0.1, 0.15) is 6.20 Å². The summed E-state index contributed by atoms with van der Waals surface area (Å²) in [4.78, 5) is 12.9. The second-order valence-corrected chi connectivity index (χ2v) is 2.12. The van der Waals surface area contributed by atoms with Gasteiger partial charge in [-0.05, 0) is 16.5 Å². The highest BCUT2D eigenvalue weighted by Gasteiger charge is 2.13. The molecule has 0 atom stereocenters. The van der Waals surface area contributed by atoms with E-state index in [0.29, 0.717) is 0 Å². The smallest absolute Gasteiger partial charge is 0.390 e. The molecule has 0 amide bonds. The third kappa shape index (κ3) is 1.08. The van der Waals surface area contributed by atoms with Gasteiger partial charge in [0, 0.05) is 0 Å². The van der Waals surface area contributed by atoms with Gasteiger partial charge in [-0.3, -0.25) is 0 Å². The monoisotopic (exact) mass is 161 g/mol. The second kappa shape index (κ2) is 2.26. The fourth-order valence-corrected chi connectivity index (χ4v) is 0.812. The van der Waals surface area contributed by atoms with Crippen LogP contribution >= 0.6 is 11.6 Å². The third-order valence-corrected chi connectivity index (χ3v) is 1.17. The van der Waals surface area contributed by atoms with Crippen molar-refractivity contribution in [3.63, 3.8) is 0 Å².